The summed E-state index contributed by atoms with van der Waals surface area (Å²) in [6.45, 7) is 11.0. The summed E-state index contributed by atoms with van der Waals surface area (Å²) in [6, 6.07) is 9.25. The molecule has 20 heavy (non-hydrogen) atoms. The van der Waals surface area contributed by atoms with Crippen LogP contribution < -0.4 is 5.32 Å². The van der Waals surface area contributed by atoms with Crippen LogP contribution in [0, 0.1) is 11.3 Å². The van der Waals surface area contributed by atoms with Crippen molar-refractivity contribution in [3.8, 4) is 0 Å². The highest BCUT2D eigenvalue weighted by Crippen LogP contribution is 2.40. The van der Waals surface area contributed by atoms with E-state index in [9.17, 15) is 0 Å². The number of hydrogen-bond donors (Lipinski definition) is 1. The van der Waals surface area contributed by atoms with E-state index in [1.807, 2.05) is 17.8 Å². The van der Waals surface area contributed by atoms with E-state index in [-0.39, 0.29) is 0 Å². The third-order valence-electron chi connectivity index (χ3n) is 4.28. The fraction of sp³-hybridized carbons (Fsp3) is 0.556. The van der Waals surface area contributed by atoms with Gasteiger partial charge >= 0.3 is 0 Å². The normalized spacial score (nSPS) is 25.1. The van der Waals surface area contributed by atoms with E-state index in [2.05, 4.69) is 56.9 Å². The third kappa shape index (κ3) is 4.05. The summed E-state index contributed by atoms with van der Waals surface area (Å²) < 4.78 is 0. The summed E-state index contributed by atoms with van der Waals surface area (Å²) in [5, 5.41) is 3.79. The second kappa shape index (κ2) is 6.71. The highest BCUT2D eigenvalue weighted by atomic mass is 32.2. The van der Waals surface area contributed by atoms with E-state index in [1.165, 1.54) is 29.8 Å². The molecule has 0 amide bonds. The molecule has 1 nitrogen and oxygen atoms in total. The van der Waals surface area contributed by atoms with Crippen molar-refractivity contribution in [2.24, 2.45) is 11.3 Å². The van der Waals surface area contributed by atoms with Crippen LogP contribution in [-0.4, -0.2) is 11.8 Å². The van der Waals surface area contributed by atoms with Crippen molar-refractivity contribution in [3.05, 3.63) is 36.9 Å². The lowest BCUT2D eigenvalue weighted by Gasteiger charge is -2.40. The topological polar surface area (TPSA) is 12.0 Å². The van der Waals surface area contributed by atoms with E-state index in [1.54, 1.807) is 0 Å². The molecule has 0 aliphatic heterocycles. The number of anilines is 1. The van der Waals surface area contributed by atoms with Gasteiger partial charge in [-0.15, -0.1) is 18.3 Å². The van der Waals surface area contributed by atoms with E-state index in [0.29, 0.717) is 11.5 Å². The van der Waals surface area contributed by atoms with Gasteiger partial charge in [-0.1, -0.05) is 39.0 Å². The lowest BCUT2D eigenvalue weighted by molar-refractivity contribution is 0.177. The van der Waals surface area contributed by atoms with Crippen molar-refractivity contribution in [3.63, 3.8) is 0 Å². The molecule has 1 aliphatic rings. The molecule has 1 fully saturated rings. The number of thioether (sulfide) groups is 1. The summed E-state index contributed by atoms with van der Waals surface area (Å²) in [7, 11) is 0. The van der Waals surface area contributed by atoms with Crippen molar-refractivity contribution in [1.82, 2.24) is 0 Å². The molecule has 1 N–H and O–H groups in total. The number of nitrogens with one attached hydrogen (secondary N) is 1. The lowest BCUT2D eigenvalue weighted by Crippen LogP contribution is -2.36. The number of benzene rings is 1. The van der Waals surface area contributed by atoms with E-state index in [4.69, 9.17) is 0 Å². The number of para-hydroxylation sites is 1. The van der Waals surface area contributed by atoms with Gasteiger partial charge < -0.3 is 5.32 Å². The molecule has 0 bridgehead atoms. The average Bonchev–Trinajstić information content (AvgIpc) is 2.40. The van der Waals surface area contributed by atoms with Crippen molar-refractivity contribution in [2.45, 2.75) is 51.0 Å². The summed E-state index contributed by atoms with van der Waals surface area (Å²) >= 11 is 1.86. The minimum absolute atomic E-state index is 0.509. The molecule has 0 radical (unpaired) electrons. The van der Waals surface area contributed by atoms with Crippen LogP contribution in [-0.2, 0) is 0 Å². The first-order valence-electron chi connectivity index (χ1n) is 7.61. The molecular formula is C18H27NS. The first-order valence-corrected chi connectivity index (χ1v) is 8.60. The second-order valence-electron chi connectivity index (χ2n) is 6.73. The van der Waals surface area contributed by atoms with Crippen molar-refractivity contribution >= 4 is 17.4 Å². The minimum Gasteiger partial charge on any atom is -0.381 e. The Labute approximate surface area is 128 Å². The van der Waals surface area contributed by atoms with E-state index >= 15 is 0 Å². The Hall–Kier alpha value is -0.890. The highest BCUT2D eigenvalue weighted by molar-refractivity contribution is 7.99. The third-order valence-corrected chi connectivity index (χ3v) is 5.35. The predicted octanol–water partition coefficient (Wildman–Crippen LogP) is 5.59. The van der Waals surface area contributed by atoms with E-state index < -0.39 is 0 Å². The maximum absolute atomic E-state index is 3.81. The van der Waals surface area contributed by atoms with Crippen LogP contribution in [0.1, 0.15) is 40.0 Å². The van der Waals surface area contributed by atoms with Crippen LogP contribution in [0.15, 0.2) is 41.8 Å². The Morgan fingerprint density at radius 1 is 1.40 bits per heavy atom. The van der Waals surface area contributed by atoms with Crippen LogP contribution in [0.2, 0.25) is 0 Å². The molecule has 1 aliphatic carbocycles. The molecule has 0 saturated heterocycles. The van der Waals surface area contributed by atoms with Crippen molar-refractivity contribution < 1.29 is 0 Å². The molecule has 0 heterocycles. The molecule has 1 aromatic rings. The summed E-state index contributed by atoms with van der Waals surface area (Å²) in [6.07, 6.45) is 5.87. The SMILES string of the molecule is C=CCSc1ccccc1NC1CCC(C)(C)CC1C. The fourth-order valence-electron chi connectivity index (χ4n) is 3.22. The zero-order valence-electron chi connectivity index (χ0n) is 13.0. The van der Waals surface area contributed by atoms with Crippen molar-refractivity contribution in [1.29, 1.82) is 0 Å². The van der Waals surface area contributed by atoms with Gasteiger partial charge in [0.25, 0.3) is 0 Å². The Morgan fingerprint density at radius 3 is 2.85 bits per heavy atom. The van der Waals surface area contributed by atoms with Gasteiger partial charge in [0.15, 0.2) is 0 Å². The Kier molecular flexibility index (Phi) is 5.20. The number of rotatable bonds is 5. The monoisotopic (exact) mass is 289 g/mol. The molecule has 110 valence electrons. The van der Waals surface area contributed by atoms with Gasteiger partial charge in [-0.2, -0.15) is 0 Å². The van der Waals surface area contributed by atoms with Crippen LogP contribution >= 0.6 is 11.8 Å². The average molecular weight is 289 g/mol. The Balaban J connectivity index is 2.04. The zero-order chi connectivity index (χ0) is 14.6. The Morgan fingerprint density at radius 2 is 2.15 bits per heavy atom. The smallest absolute Gasteiger partial charge is 0.0480 e. The molecule has 0 spiro atoms. The summed E-state index contributed by atoms with van der Waals surface area (Å²) in [5.41, 5.74) is 1.80. The van der Waals surface area contributed by atoms with Gasteiger partial charge in [0, 0.05) is 22.4 Å². The summed E-state index contributed by atoms with van der Waals surface area (Å²) in [5.74, 6) is 1.70. The maximum atomic E-state index is 3.81. The molecule has 1 saturated carbocycles. The van der Waals surface area contributed by atoms with Crippen LogP contribution in [0.4, 0.5) is 5.69 Å². The Bertz CT molecular complexity index is 452. The molecular weight excluding hydrogens is 262 g/mol. The first kappa shape index (κ1) is 15.5. The largest absolute Gasteiger partial charge is 0.381 e. The molecule has 2 atom stereocenters. The molecule has 0 aromatic heterocycles. The molecule has 2 heteroatoms. The number of hydrogen-bond acceptors (Lipinski definition) is 2. The van der Waals surface area contributed by atoms with Gasteiger partial charge in [-0.05, 0) is 42.7 Å². The highest BCUT2D eigenvalue weighted by Gasteiger charge is 2.32. The predicted molar refractivity (Wildman–Crippen MR) is 91.6 cm³/mol. The molecule has 2 unspecified atom stereocenters. The maximum Gasteiger partial charge on any atom is 0.0480 e. The van der Waals surface area contributed by atoms with E-state index in [0.717, 1.165) is 11.7 Å². The zero-order valence-corrected chi connectivity index (χ0v) is 13.8. The lowest BCUT2D eigenvalue weighted by atomic mass is 9.70. The fourth-order valence-corrected chi connectivity index (χ4v) is 3.98. The molecule has 1 aromatic carbocycles. The van der Waals surface area contributed by atoms with Crippen molar-refractivity contribution in [2.75, 3.05) is 11.1 Å². The van der Waals surface area contributed by atoms with Crippen LogP contribution in [0.5, 0.6) is 0 Å². The van der Waals surface area contributed by atoms with Gasteiger partial charge in [0.1, 0.15) is 0 Å². The molecule has 2 rings (SSSR count). The van der Waals surface area contributed by atoms with Gasteiger partial charge in [0.05, 0.1) is 0 Å². The van der Waals surface area contributed by atoms with Crippen LogP contribution in [0.25, 0.3) is 0 Å². The van der Waals surface area contributed by atoms with Gasteiger partial charge in [-0.3, -0.25) is 0 Å². The standard InChI is InChI=1S/C18H27NS/c1-5-12-20-17-9-7-6-8-16(17)19-15-10-11-18(3,4)13-14(15)2/h5-9,14-15,19H,1,10-13H2,2-4H3. The minimum atomic E-state index is 0.509. The van der Waals surface area contributed by atoms with Gasteiger partial charge in [-0.25, -0.2) is 0 Å². The van der Waals surface area contributed by atoms with Gasteiger partial charge in [0.2, 0.25) is 0 Å². The quantitative estimate of drug-likeness (QED) is 0.560. The second-order valence-corrected chi connectivity index (χ2v) is 7.79. The summed E-state index contributed by atoms with van der Waals surface area (Å²) in [4.78, 5) is 1.34. The first-order chi connectivity index (χ1) is 9.52. The van der Waals surface area contributed by atoms with Crippen LogP contribution in [0.3, 0.4) is 0 Å².